The van der Waals surface area contributed by atoms with Crippen LogP contribution in [-0.4, -0.2) is 32.1 Å². The third-order valence-electron chi connectivity index (χ3n) is 4.62. The average Bonchev–Trinajstić information content (AvgIpc) is 3.03. The van der Waals surface area contributed by atoms with Crippen LogP contribution in [0.2, 0.25) is 0 Å². The van der Waals surface area contributed by atoms with Crippen LogP contribution in [0.5, 0.6) is 0 Å². The Labute approximate surface area is 165 Å². The fourth-order valence-electron chi connectivity index (χ4n) is 3.16. The predicted molar refractivity (Wildman–Crippen MR) is 110 cm³/mol. The van der Waals surface area contributed by atoms with E-state index >= 15 is 0 Å². The van der Waals surface area contributed by atoms with Crippen LogP contribution >= 0.6 is 0 Å². The number of hydrogen-bond acceptors (Lipinski definition) is 5. The molecule has 8 nitrogen and oxygen atoms in total. The first-order valence-electron chi connectivity index (χ1n) is 8.98. The van der Waals surface area contributed by atoms with Crippen molar-refractivity contribution in [3.63, 3.8) is 0 Å². The number of para-hydroxylation sites is 1. The molecule has 144 valence electrons. The highest BCUT2D eigenvalue weighted by Crippen LogP contribution is 2.16. The predicted octanol–water partition coefficient (Wildman–Crippen LogP) is 2.49. The van der Waals surface area contributed by atoms with E-state index in [4.69, 9.17) is 0 Å². The van der Waals surface area contributed by atoms with Crippen molar-refractivity contribution in [3.8, 4) is 5.69 Å². The number of aromatic nitrogens is 4. The first-order chi connectivity index (χ1) is 14.1. The molecule has 0 radical (unpaired) electrons. The van der Waals surface area contributed by atoms with Gasteiger partial charge in [-0.05, 0) is 32.0 Å². The van der Waals surface area contributed by atoms with Gasteiger partial charge in [0.1, 0.15) is 0 Å². The van der Waals surface area contributed by atoms with E-state index in [1.165, 1.54) is 0 Å². The zero-order valence-electron chi connectivity index (χ0n) is 15.9. The summed E-state index contributed by atoms with van der Waals surface area (Å²) in [5, 5.41) is 15.7. The molecular formula is C21H18N6O2. The van der Waals surface area contributed by atoms with E-state index in [9.17, 15) is 9.59 Å². The van der Waals surface area contributed by atoms with Gasteiger partial charge in [0.2, 0.25) is 0 Å². The number of aryl methyl sites for hydroxylation is 1. The highest BCUT2D eigenvalue weighted by molar-refractivity contribution is 6.04. The summed E-state index contributed by atoms with van der Waals surface area (Å²) in [6.07, 6.45) is 1.56. The van der Waals surface area contributed by atoms with E-state index in [2.05, 4.69) is 25.8 Å². The van der Waals surface area contributed by atoms with Crippen molar-refractivity contribution in [2.45, 2.75) is 13.8 Å². The molecule has 8 heteroatoms. The molecule has 2 aromatic carbocycles. The monoisotopic (exact) mass is 386 g/mol. The second kappa shape index (κ2) is 7.51. The molecule has 0 saturated carbocycles. The molecule has 2 heterocycles. The van der Waals surface area contributed by atoms with Gasteiger partial charge < -0.3 is 0 Å². The first kappa shape index (κ1) is 18.3. The zero-order valence-corrected chi connectivity index (χ0v) is 15.9. The highest BCUT2D eigenvalue weighted by Gasteiger charge is 2.14. The highest BCUT2D eigenvalue weighted by atomic mass is 16.2. The van der Waals surface area contributed by atoms with Crippen LogP contribution in [0.4, 0.5) is 0 Å². The van der Waals surface area contributed by atoms with E-state index in [0.29, 0.717) is 10.8 Å². The summed E-state index contributed by atoms with van der Waals surface area (Å²) in [4.78, 5) is 24.4. The van der Waals surface area contributed by atoms with E-state index in [1.54, 1.807) is 30.5 Å². The number of nitrogens with one attached hydrogen (secondary N) is 2. The van der Waals surface area contributed by atoms with Crippen molar-refractivity contribution < 1.29 is 4.79 Å². The molecule has 0 atom stereocenters. The summed E-state index contributed by atoms with van der Waals surface area (Å²) in [7, 11) is 0. The van der Waals surface area contributed by atoms with Crippen LogP contribution in [-0.2, 0) is 0 Å². The maximum absolute atomic E-state index is 12.5. The van der Waals surface area contributed by atoms with Gasteiger partial charge in [0.25, 0.3) is 11.5 Å². The number of H-pyrrole nitrogens is 1. The van der Waals surface area contributed by atoms with Crippen LogP contribution in [0.3, 0.4) is 0 Å². The summed E-state index contributed by atoms with van der Waals surface area (Å²) in [5.74, 6) is -0.514. The normalized spacial score (nSPS) is 11.2. The van der Waals surface area contributed by atoms with Gasteiger partial charge in [-0.3, -0.25) is 9.59 Å². The van der Waals surface area contributed by atoms with E-state index < -0.39 is 5.91 Å². The summed E-state index contributed by atoms with van der Waals surface area (Å²) < 4.78 is 1.83. The largest absolute Gasteiger partial charge is 0.292 e. The summed E-state index contributed by atoms with van der Waals surface area (Å²) >= 11 is 0. The lowest BCUT2D eigenvalue weighted by Crippen LogP contribution is -2.22. The lowest BCUT2D eigenvalue weighted by molar-refractivity contribution is 0.0951. The van der Waals surface area contributed by atoms with Gasteiger partial charge in [-0.2, -0.15) is 15.3 Å². The van der Waals surface area contributed by atoms with Crippen molar-refractivity contribution in [2.24, 2.45) is 5.10 Å². The Bertz CT molecular complexity index is 1290. The molecular weight excluding hydrogens is 368 g/mol. The minimum absolute atomic E-state index is 0.103. The smallest absolute Gasteiger partial charge is 0.267 e. The minimum Gasteiger partial charge on any atom is -0.267 e. The Morgan fingerprint density at radius 1 is 1.07 bits per heavy atom. The molecule has 0 aliphatic carbocycles. The van der Waals surface area contributed by atoms with E-state index in [1.807, 2.05) is 48.9 Å². The van der Waals surface area contributed by atoms with Gasteiger partial charge in [-0.15, -0.1) is 0 Å². The number of rotatable bonds is 4. The van der Waals surface area contributed by atoms with Gasteiger partial charge in [-0.25, -0.2) is 15.2 Å². The van der Waals surface area contributed by atoms with Crippen LogP contribution in [0, 0.1) is 13.8 Å². The SMILES string of the molecule is Cc1nn(-c2ccccc2)c(C)c1/C=N\NC(=O)c1n[nH]c(=O)c2ccccc12. The number of carbonyl (C=O) groups excluding carboxylic acids is 1. The molecule has 0 fully saturated rings. The van der Waals surface area contributed by atoms with Crippen molar-refractivity contribution in [1.29, 1.82) is 0 Å². The molecule has 4 aromatic rings. The Hall–Kier alpha value is -4.07. The molecule has 0 aliphatic rings. The Kier molecular flexibility index (Phi) is 4.74. The van der Waals surface area contributed by atoms with Crippen molar-refractivity contribution in [2.75, 3.05) is 0 Å². The Balaban J connectivity index is 1.59. The molecule has 0 bridgehead atoms. The number of benzene rings is 2. The van der Waals surface area contributed by atoms with Gasteiger partial charge in [0.05, 0.1) is 28.7 Å². The van der Waals surface area contributed by atoms with E-state index in [0.717, 1.165) is 22.6 Å². The van der Waals surface area contributed by atoms with Crippen LogP contribution in [0.25, 0.3) is 16.5 Å². The standard InChI is InChI=1S/C21H18N6O2/c1-13-18(14(2)27(26-13)15-8-4-3-5-9-15)12-22-24-21(29)19-16-10-6-7-11-17(16)20(28)25-23-19/h3-12H,1-2H3,(H,24,29)(H,25,28)/b22-12-. The second-order valence-electron chi connectivity index (χ2n) is 6.48. The molecule has 4 rings (SSSR count). The van der Waals surface area contributed by atoms with Crippen molar-refractivity contribution >= 4 is 22.9 Å². The van der Waals surface area contributed by atoms with Crippen LogP contribution in [0.15, 0.2) is 64.5 Å². The van der Waals surface area contributed by atoms with Crippen LogP contribution < -0.4 is 11.0 Å². The minimum atomic E-state index is -0.514. The Morgan fingerprint density at radius 2 is 1.76 bits per heavy atom. The quantitative estimate of drug-likeness (QED) is 0.415. The molecule has 0 aliphatic heterocycles. The fourth-order valence-corrected chi connectivity index (χ4v) is 3.16. The second-order valence-corrected chi connectivity index (χ2v) is 6.48. The average molecular weight is 386 g/mol. The molecule has 2 aromatic heterocycles. The number of nitrogens with zero attached hydrogens (tertiary/aromatic N) is 4. The number of aromatic amines is 1. The van der Waals surface area contributed by atoms with Gasteiger partial charge >= 0.3 is 0 Å². The molecule has 0 unspecified atom stereocenters. The number of fused-ring (bicyclic) bond motifs is 1. The summed E-state index contributed by atoms with van der Waals surface area (Å²) in [6.45, 7) is 3.82. The topological polar surface area (TPSA) is 105 Å². The lowest BCUT2D eigenvalue weighted by Gasteiger charge is -2.04. The summed E-state index contributed by atoms with van der Waals surface area (Å²) in [6, 6.07) is 16.6. The van der Waals surface area contributed by atoms with Gasteiger partial charge in [0, 0.05) is 10.9 Å². The van der Waals surface area contributed by atoms with Crippen LogP contribution in [0.1, 0.15) is 27.4 Å². The molecule has 1 amide bonds. The van der Waals surface area contributed by atoms with Gasteiger partial charge in [-0.1, -0.05) is 36.4 Å². The number of hydrazone groups is 1. The fraction of sp³-hybridized carbons (Fsp3) is 0.0952. The number of hydrogen-bond donors (Lipinski definition) is 2. The number of carbonyl (C=O) groups is 1. The van der Waals surface area contributed by atoms with Gasteiger partial charge in [0.15, 0.2) is 5.69 Å². The Morgan fingerprint density at radius 3 is 2.52 bits per heavy atom. The maximum atomic E-state index is 12.5. The zero-order chi connectivity index (χ0) is 20.4. The third-order valence-corrected chi connectivity index (χ3v) is 4.62. The van der Waals surface area contributed by atoms with Crippen molar-refractivity contribution in [3.05, 3.63) is 87.6 Å². The summed E-state index contributed by atoms with van der Waals surface area (Å²) in [5.41, 5.74) is 5.68. The molecule has 0 saturated heterocycles. The maximum Gasteiger partial charge on any atom is 0.292 e. The molecule has 0 spiro atoms. The molecule has 29 heavy (non-hydrogen) atoms. The first-order valence-corrected chi connectivity index (χ1v) is 8.98. The molecule has 2 N–H and O–H groups in total. The van der Waals surface area contributed by atoms with Crippen molar-refractivity contribution in [1.82, 2.24) is 25.4 Å². The third kappa shape index (κ3) is 3.43. The number of amides is 1. The van der Waals surface area contributed by atoms with E-state index in [-0.39, 0.29) is 11.3 Å². The lowest BCUT2D eigenvalue weighted by atomic mass is 10.1.